The molecular weight excluding hydrogens is 340 g/mol. The maximum absolute atomic E-state index is 12.0. The van der Waals surface area contributed by atoms with Gasteiger partial charge in [0.1, 0.15) is 5.75 Å². The van der Waals surface area contributed by atoms with Crippen LogP contribution in [-0.2, 0) is 14.8 Å². The Hall–Kier alpha value is -3.11. The second-order valence-corrected chi connectivity index (χ2v) is 6.69. The molecule has 2 aromatic rings. The first-order valence-electron chi connectivity index (χ1n) is 7.36. The molecule has 0 saturated heterocycles. The van der Waals surface area contributed by atoms with Gasteiger partial charge in [-0.3, -0.25) is 4.79 Å². The summed E-state index contributed by atoms with van der Waals surface area (Å²) in [4.78, 5) is 12.0. The van der Waals surface area contributed by atoms with E-state index in [1.54, 1.807) is 42.5 Å². The molecule has 6 nitrogen and oxygen atoms in total. The van der Waals surface area contributed by atoms with Crippen molar-refractivity contribution in [3.63, 3.8) is 0 Å². The molecule has 128 valence electrons. The monoisotopic (exact) mass is 356 g/mol. The van der Waals surface area contributed by atoms with Gasteiger partial charge in [0.2, 0.25) is 0 Å². The molecule has 1 amide bonds. The van der Waals surface area contributed by atoms with Crippen LogP contribution in [0.25, 0.3) is 6.08 Å². The Balaban J connectivity index is 2.00. The summed E-state index contributed by atoms with van der Waals surface area (Å²) in [5, 5.41) is 9.76. The minimum absolute atomic E-state index is 0.305. The van der Waals surface area contributed by atoms with Gasteiger partial charge in [-0.2, -0.15) is 5.26 Å². The number of hydrogen-bond acceptors (Lipinski definition) is 5. The molecule has 0 radical (unpaired) electrons. The highest BCUT2D eigenvalue weighted by atomic mass is 32.2. The molecule has 1 N–H and O–H groups in total. The van der Waals surface area contributed by atoms with E-state index in [1.165, 1.54) is 19.1 Å². The maximum atomic E-state index is 12.0. The van der Waals surface area contributed by atoms with Gasteiger partial charge in [0.15, 0.2) is 6.10 Å². The summed E-state index contributed by atoms with van der Waals surface area (Å²) < 4.78 is 31.2. The standard InChI is InChI=1S/C18H16N2O4S/c1-14(24-17-9-5-8-16(12-17)13-19)18(21)20-25(22,23)11-10-15-6-3-2-4-7-15/h2-12,14H,1H3,(H,20,21). The van der Waals surface area contributed by atoms with Crippen molar-refractivity contribution in [2.75, 3.05) is 0 Å². The third kappa shape index (κ3) is 5.79. The SMILES string of the molecule is CC(Oc1cccc(C#N)c1)C(=O)NS(=O)(=O)C=Cc1ccccc1. The minimum Gasteiger partial charge on any atom is -0.481 e. The lowest BCUT2D eigenvalue weighted by atomic mass is 10.2. The maximum Gasteiger partial charge on any atom is 0.274 e. The highest BCUT2D eigenvalue weighted by Gasteiger charge is 2.19. The van der Waals surface area contributed by atoms with Gasteiger partial charge in [-0.15, -0.1) is 0 Å². The first-order chi connectivity index (χ1) is 11.9. The molecule has 0 heterocycles. The van der Waals surface area contributed by atoms with Crippen LogP contribution in [0.3, 0.4) is 0 Å². The van der Waals surface area contributed by atoms with Crippen molar-refractivity contribution in [3.05, 3.63) is 71.1 Å². The van der Waals surface area contributed by atoms with Crippen molar-refractivity contribution in [2.24, 2.45) is 0 Å². The van der Waals surface area contributed by atoms with Crippen LogP contribution in [-0.4, -0.2) is 20.4 Å². The Morgan fingerprint density at radius 1 is 1.20 bits per heavy atom. The van der Waals surface area contributed by atoms with Gasteiger partial charge in [0.25, 0.3) is 15.9 Å². The van der Waals surface area contributed by atoms with E-state index in [1.807, 2.05) is 16.9 Å². The topological polar surface area (TPSA) is 96.3 Å². The third-order valence-electron chi connectivity index (χ3n) is 3.13. The molecule has 1 unspecified atom stereocenters. The Kier molecular flexibility index (Phi) is 5.93. The largest absolute Gasteiger partial charge is 0.481 e. The Bertz CT molecular complexity index is 916. The van der Waals surface area contributed by atoms with Gasteiger partial charge >= 0.3 is 0 Å². The highest BCUT2D eigenvalue weighted by molar-refractivity contribution is 7.93. The molecule has 1 atom stereocenters. The van der Waals surface area contributed by atoms with Crippen LogP contribution >= 0.6 is 0 Å². The number of sulfonamides is 1. The van der Waals surface area contributed by atoms with E-state index >= 15 is 0 Å². The lowest BCUT2D eigenvalue weighted by Crippen LogP contribution is -2.39. The predicted molar refractivity (Wildman–Crippen MR) is 93.8 cm³/mol. The number of hydrogen-bond donors (Lipinski definition) is 1. The van der Waals surface area contributed by atoms with Crippen LogP contribution < -0.4 is 9.46 Å². The number of nitrogens with one attached hydrogen (secondary N) is 1. The van der Waals surface area contributed by atoms with Crippen LogP contribution in [0.1, 0.15) is 18.1 Å². The van der Waals surface area contributed by atoms with Crippen molar-refractivity contribution >= 4 is 22.0 Å². The van der Waals surface area contributed by atoms with E-state index in [0.29, 0.717) is 16.9 Å². The van der Waals surface area contributed by atoms with Crippen molar-refractivity contribution in [3.8, 4) is 11.8 Å². The fourth-order valence-corrected chi connectivity index (χ4v) is 2.74. The zero-order chi connectivity index (χ0) is 18.3. The molecule has 0 aliphatic rings. The molecule has 2 rings (SSSR count). The van der Waals surface area contributed by atoms with Gasteiger partial charge in [-0.1, -0.05) is 36.4 Å². The van der Waals surface area contributed by atoms with Crippen molar-refractivity contribution in [1.82, 2.24) is 4.72 Å². The first-order valence-corrected chi connectivity index (χ1v) is 8.91. The predicted octanol–water partition coefficient (Wildman–Crippen LogP) is 2.44. The molecule has 0 aromatic heterocycles. The number of ether oxygens (including phenoxy) is 1. The van der Waals surface area contributed by atoms with Crippen LogP contribution in [0.4, 0.5) is 0 Å². The van der Waals surface area contributed by atoms with E-state index in [-0.39, 0.29) is 0 Å². The Labute approximate surface area is 146 Å². The van der Waals surface area contributed by atoms with E-state index in [2.05, 4.69) is 0 Å². The van der Waals surface area contributed by atoms with Crippen molar-refractivity contribution in [2.45, 2.75) is 13.0 Å². The number of amides is 1. The molecule has 0 bridgehead atoms. The number of benzene rings is 2. The fourth-order valence-electron chi connectivity index (χ4n) is 1.89. The van der Waals surface area contributed by atoms with E-state index in [9.17, 15) is 13.2 Å². The Morgan fingerprint density at radius 3 is 2.60 bits per heavy atom. The second kappa shape index (κ2) is 8.13. The lowest BCUT2D eigenvalue weighted by molar-refractivity contribution is -0.125. The van der Waals surface area contributed by atoms with Gasteiger partial charge < -0.3 is 4.74 Å². The number of nitriles is 1. The van der Waals surface area contributed by atoms with Gasteiger partial charge in [-0.25, -0.2) is 13.1 Å². The zero-order valence-electron chi connectivity index (χ0n) is 13.4. The Morgan fingerprint density at radius 2 is 1.92 bits per heavy atom. The number of carbonyl (C=O) groups is 1. The van der Waals surface area contributed by atoms with E-state index in [0.717, 1.165) is 5.41 Å². The summed E-state index contributed by atoms with van der Waals surface area (Å²) in [6, 6.07) is 17.0. The fraction of sp³-hybridized carbons (Fsp3) is 0.111. The third-order valence-corrected chi connectivity index (χ3v) is 4.11. The number of rotatable bonds is 6. The molecule has 0 aliphatic heterocycles. The molecule has 25 heavy (non-hydrogen) atoms. The number of carbonyl (C=O) groups excluding carboxylic acids is 1. The summed E-state index contributed by atoms with van der Waals surface area (Å²) in [7, 11) is -3.94. The van der Waals surface area contributed by atoms with Gasteiger partial charge in [-0.05, 0) is 36.8 Å². The molecule has 0 spiro atoms. The molecule has 0 saturated carbocycles. The lowest BCUT2D eigenvalue weighted by Gasteiger charge is -2.14. The van der Waals surface area contributed by atoms with Gasteiger partial charge in [0.05, 0.1) is 17.0 Å². The number of nitrogens with zero attached hydrogens (tertiary/aromatic N) is 1. The average molecular weight is 356 g/mol. The molecule has 0 aliphatic carbocycles. The first kappa shape index (κ1) is 18.2. The quantitative estimate of drug-likeness (QED) is 0.857. The van der Waals surface area contributed by atoms with Crippen LogP contribution in [0, 0.1) is 11.3 Å². The van der Waals surface area contributed by atoms with Gasteiger partial charge in [0, 0.05) is 0 Å². The van der Waals surface area contributed by atoms with E-state index in [4.69, 9.17) is 10.00 Å². The summed E-state index contributed by atoms with van der Waals surface area (Å²) in [6.45, 7) is 1.42. The summed E-state index contributed by atoms with van der Waals surface area (Å²) in [5.41, 5.74) is 1.07. The molecule has 7 heteroatoms. The highest BCUT2D eigenvalue weighted by Crippen LogP contribution is 2.14. The smallest absolute Gasteiger partial charge is 0.274 e. The zero-order valence-corrected chi connectivity index (χ0v) is 14.2. The van der Waals surface area contributed by atoms with E-state index < -0.39 is 22.0 Å². The molecular formula is C18H16N2O4S. The summed E-state index contributed by atoms with van der Waals surface area (Å²) in [6.07, 6.45) is 0.339. The summed E-state index contributed by atoms with van der Waals surface area (Å²) >= 11 is 0. The second-order valence-electron chi connectivity index (χ2n) is 5.12. The van der Waals surface area contributed by atoms with Crippen LogP contribution in [0.5, 0.6) is 5.75 Å². The van der Waals surface area contributed by atoms with Crippen LogP contribution in [0.15, 0.2) is 60.0 Å². The minimum atomic E-state index is -3.94. The average Bonchev–Trinajstić information content (AvgIpc) is 2.60. The van der Waals surface area contributed by atoms with Crippen LogP contribution in [0.2, 0.25) is 0 Å². The van der Waals surface area contributed by atoms with Crippen molar-refractivity contribution < 1.29 is 17.9 Å². The normalized spacial score (nSPS) is 12.3. The molecule has 2 aromatic carbocycles. The van der Waals surface area contributed by atoms with Crippen molar-refractivity contribution in [1.29, 1.82) is 5.26 Å². The molecule has 0 fully saturated rings. The summed E-state index contributed by atoms with van der Waals surface area (Å²) in [5.74, 6) is -0.501.